The highest BCUT2D eigenvalue weighted by Gasteiger charge is 2.29. The van der Waals surface area contributed by atoms with E-state index in [1.165, 1.54) is 12.1 Å². The van der Waals surface area contributed by atoms with Gasteiger partial charge in [0.05, 0.1) is 10.6 Å². The minimum Gasteiger partial charge on any atom is -0.480 e. The summed E-state index contributed by atoms with van der Waals surface area (Å²) in [4.78, 5) is 28.5. The maximum Gasteiger partial charge on any atom is 0.324 e. The molecule has 5 aromatic rings. The third-order valence-corrected chi connectivity index (χ3v) is 8.87. The van der Waals surface area contributed by atoms with Crippen LogP contribution in [0.15, 0.2) is 89.8 Å². The van der Waals surface area contributed by atoms with Crippen molar-refractivity contribution in [2.24, 2.45) is 5.73 Å². The number of Topliss-reactive ketones (excluding diaryl/α,β-unsaturated/α-hetero) is 1. The normalized spacial score (nSPS) is 11.3. The molecule has 0 aliphatic rings. The van der Waals surface area contributed by atoms with E-state index >= 15 is 0 Å². The summed E-state index contributed by atoms with van der Waals surface area (Å²) in [5.41, 5.74) is 8.87. The van der Waals surface area contributed by atoms with Gasteiger partial charge in [0.1, 0.15) is 12.4 Å². The molecule has 0 saturated heterocycles. The Labute approximate surface area is 248 Å². The van der Waals surface area contributed by atoms with Gasteiger partial charge in [-0.15, -0.1) is 12.4 Å². The number of carbonyl (C=O) groups is 2. The standard InChI is InChI=1S/C31H28N4O5S.ClH/c1-19-30(27(36)16-11-20-9-12-22(13-10-20)31(32)33)25-17-23(14-15-26(25)34-19)35(18-29(37)38)41(39,40)28-8-4-6-21-5-2-3-7-24(21)28;/h2-10,12-15,17,34H,11,16,18H2,1H3,(H3,32,33)(H,37,38);1H. The van der Waals surface area contributed by atoms with Crippen molar-refractivity contribution in [1.82, 2.24) is 4.98 Å². The Bertz CT molecular complexity index is 1930. The van der Waals surface area contributed by atoms with Crippen LogP contribution >= 0.6 is 12.4 Å². The summed E-state index contributed by atoms with van der Waals surface area (Å²) in [6.45, 7) is 0.983. The molecule has 216 valence electrons. The number of ketones is 1. The van der Waals surface area contributed by atoms with Crippen molar-refractivity contribution < 1.29 is 23.1 Å². The zero-order chi connectivity index (χ0) is 29.3. The summed E-state index contributed by atoms with van der Waals surface area (Å²) in [6.07, 6.45) is 0.661. The minimum atomic E-state index is -4.29. The number of carboxylic acids is 1. The Morgan fingerprint density at radius 2 is 1.64 bits per heavy atom. The summed E-state index contributed by atoms with van der Waals surface area (Å²) in [5.74, 6) is -1.48. The number of benzene rings is 4. The zero-order valence-electron chi connectivity index (χ0n) is 22.6. The topological polar surface area (TPSA) is 157 Å². The highest BCUT2D eigenvalue weighted by atomic mass is 35.5. The summed E-state index contributed by atoms with van der Waals surface area (Å²) < 4.78 is 28.7. The van der Waals surface area contributed by atoms with Crippen molar-refractivity contribution in [3.63, 3.8) is 0 Å². The summed E-state index contributed by atoms with van der Waals surface area (Å²) >= 11 is 0. The van der Waals surface area contributed by atoms with E-state index in [4.69, 9.17) is 11.1 Å². The predicted molar refractivity (Wildman–Crippen MR) is 167 cm³/mol. The van der Waals surface area contributed by atoms with Gasteiger partial charge in [-0.2, -0.15) is 0 Å². The quantitative estimate of drug-likeness (QED) is 0.0945. The van der Waals surface area contributed by atoms with Gasteiger partial charge in [-0.3, -0.25) is 19.3 Å². The monoisotopic (exact) mass is 604 g/mol. The fourth-order valence-corrected chi connectivity index (χ4v) is 6.66. The van der Waals surface area contributed by atoms with Gasteiger partial charge in [-0.1, -0.05) is 60.7 Å². The van der Waals surface area contributed by atoms with Crippen LogP contribution in [0.1, 0.15) is 33.6 Å². The van der Waals surface area contributed by atoms with Gasteiger partial charge in [0.15, 0.2) is 5.78 Å². The second-order valence-corrected chi connectivity index (χ2v) is 11.6. The molecule has 0 unspecified atom stereocenters. The highest BCUT2D eigenvalue weighted by Crippen LogP contribution is 2.33. The number of nitrogens with zero attached hydrogens (tertiary/aromatic N) is 1. The molecular formula is C31H29ClN4O5S. The van der Waals surface area contributed by atoms with Crippen LogP contribution in [0.2, 0.25) is 0 Å². The number of sulfonamides is 1. The van der Waals surface area contributed by atoms with E-state index in [-0.39, 0.29) is 41.0 Å². The predicted octanol–water partition coefficient (Wildman–Crippen LogP) is 5.43. The number of nitrogen functional groups attached to an aromatic ring is 1. The third-order valence-electron chi connectivity index (χ3n) is 7.04. The fourth-order valence-electron chi connectivity index (χ4n) is 5.04. The SMILES string of the molecule is Cc1[nH]c2ccc(N(CC(=O)O)S(=O)(=O)c3cccc4ccccc34)cc2c1C(=O)CCc1ccc(C(=N)N)cc1.Cl. The summed E-state index contributed by atoms with van der Waals surface area (Å²) in [7, 11) is -4.29. The number of nitrogens with one attached hydrogen (secondary N) is 2. The minimum absolute atomic E-state index is 0. The maximum atomic E-state index is 13.9. The second-order valence-electron chi connectivity index (χ2n) is 9.77. The van der Waals surface area contributed by atoms with Crippen LogP contribution in [0.4, 0.5) is 5.69 Å². The number of carboxylic acid groups (broad SMARTS) is 1. The van der Waals surface area contributed by atoms with Gasteiger partial charge in [0, 0.05) is 39.5 Å². The third kappa shape index (κ3) is 5.86. The smallest absolute Gasteiger partial charge is 0.324 e. The number of halogens is 1. The molecule has 1 aromatic heterocycles. The Balaban J connectivity index is 0.00000405. The van der Waals surface area contributed by atoms with Crippen LogP contribution < -0.4 is 10.0 Å². The second kappa shape index (κ2) is 12.1. The van der Waals surface area contributed by atoms with Crippen LogP contribution in [-0.4, -0.2) is 42.6 Å². The largest absolute Gasteiger partial charge is 0.480 e. The van der Waals surface area contributed by atoms with E-state index in [0.29, 0.717) is 44.9 Å². The molecule has 4 aromatic carbocycles. The number of carbonyl (C=O) groups excluding carboxylic acids is 1. The van der Waals surface area contributed by atoms with Gasteiger partial charge in [-0.25, -0.2) is 8.42 Å². The first-order valence-corrected chi connectivity index (χ1v) is 14.3. The van der Waals surface area contributed by atoms with Gasteiger partial charge < -0.3 is 15.8 Å². The van der Waals surface area contributed by atoms with Gasteiger partial charge in [0.25, 0.3) is 10.0 Å². The van der Waals surface area contributed by atoms with Crippen molar-refractivity contribution >= 4 is 67.4 Å². The number of aliphatic carboxylic acids is 1. The molecule has 5 rings (SSSR count). The first-order chi connectivity index (χ1) is 19.6. The molecule has 11 heteroatoms. The number of aromatic amines is 1. The number of hydrogen-bond acceptors (Lipinski definition) is 5. The number of anilines is 1. The molecule has 0 atom stereocenters. The van der Waals surface area contributed by atoms with Crippen molar-refractivity contribution in [2.75, 3.05) is 10.8 Å². The Morgan fingerprint density at radius 1 is 0.952 bits per heavy atom. The van der Waals surface area contributed by atoms with E-state index in [1.807, 2.05) is 12.1 Å². The van der Waals surface area contributed by atoms with Gasteiger partial charge in [0.2, 0.25) is 0 Å². The Morgan fingerprint density at radius 3 is 2.33 bits per heavy atom. The molecule has 0 bridgehead atoms. The van der Waals surface area contributed by atoms with Crippen LogP contribution in [-0.2, 0) is 21.2 Å². The zero-order valence-corrected chi connectivity index (χ0v) is 24.3. The summed E-state index contributed by atoms with van der Waals surface area (Å²) in [5, 5.41) is 18.9. The van der Waals surface area contributed by atoms with E-state index in [1.54, 1.807) is 67.6 Å². The van der Waals surface area contributed by atoms with Crippen molar-refractivity contribution in [1.29, 1.82) is 5.41 Å². The number of aromatic nitrogens is 1. The van der Waals surface area contributed by atoms with Crippen LogP contribution in [0.5, 0.6) is 0 Å². The number of aryl methyl sites for hydroxylation is 2. The first kappa shape index (κ1) is 30.3. The Kier molecular flexibility index (Phi) is 8.70. The van der Waals surface area contributed by atoms with E-state index < -0.39 is 22.5 Å². The van der Waals surface area contributed by atoms with E-state index in [2.05, 4.69) is 4.98 Å². The molecule has 1 heterocycles. The number of nitrogens with two attached hydrogens (primary N) is 1. The molecule has 0 amide bonds. The number of rotatable bonds is 10. The van der Waals surface area contributed by atoms with Crippen LogP contribution in [0.25, 0.3) is 21.7 Å². The first-order valence-electron chi connectivity index (χ1n) is 12.9. The molecule has 0 fully saturated rings. The van der Waals surface area contributed by atoms with Crippen molar-refractivity contribution in [2.45, 2.75) is 24.7 Å². The molecule has 5 N–H and O–H groups in total. The van der Waals surface area contributed by atoms with E-state index in [0.717, 1.165) is 9.87 Å². The van der Waals surface area contributed by atoms with Gasteiger partial charge in [-0.05, 0) is 48.6 Å². The average molecular weight is 605 g/mol. The number of fused-ring (bicyclic) bond motifs is 2. The highest BCUT2D eigenvalue weighted by molar-refractivity contribution is 7.93. The van der Waals surface area contributed by atoms with E-state index in [9.17, 15) is 23.1 Å². The molecule has 0 spiro atoms. The summed E-state index contributed by atoms with van der Waals surface area (Å²) in [6, 6.07) is 23.8. The maximum absolute atomic E-state index is 13.9. The molecule has 0 aliphatic heterocycles. The number of H-pyrrole nitrogens is 1. The number of hydrogen-bond donors (Lipinski definition) is 4. The molecule has 0 radical (unpaired) electrons. The lowest BCUT2D eigenvalue weighted by Gasteiger charge is -2.24. The molecular weight excluding hydrogens is 576 g/mol. The molecule has 0 saturated carbocycles. The number of amidine groups is 1. The lowest BCUT2D eigenvalue weighted by Crippen LogP contribution is -2.35. The Hall–Kier alpha value is -4.67. The fraction of sp³-hybridized carbons (Fsp3) is 0.129. The van der Waals surface area contributed by atoms with Gasteiger partial charge >= 0.3 is 5.97 Å². The lowest BCUT2D eigenvalue weighted by atomic mass is 9.99. The molecule has 9 nitrogen and oxygen atoms in total. The van der Waals surface area contributed by atoms with Crippen LogP contribution in [0, 0.1) is 12.3 Å². The van der Waals surface area contributed by atoms with Crippen molar-refractivity contribution in [3.05, 3.63) is 107 Å². The molecule has 0 aliphatic carbocycles. The van der Waals surface area contributed by atoms with Crippen LogP contribution in [0.3, 0.4) is 0 Å². The average Bonchev–Trinajstić information content (AvgIpc) is 3.29. The molecule has 42 heavy (non-hydrogen) atoms. The lowest BCUT2D eigenvalue weighted by molar-refractivity contribution is -0.135. The van der Waals surface area contributed by atoms with Crippen molar-refractivity contribution in [3.8, 4) is 0 Å².